The highest BCUT2D eigenvalue weighted by atomic mass is 32.1. The average molecular weight is 261 g/mol. The standard InChI is InChI=1S/C12H15N5S/c1-10(8-17-4-2-3-14-17)13-7-11-9-16-5-6-18-12(16)15-11/h2-6,9-10,13H,7-8H2,1H3. The molecule has 1 N–H and O–H groups in total. The van der Waals surface area contributed by atoms with Crippen molar-refractivity contribution in [3.8, 4) is 0 Å². The molecule has 5 nitrogen and oxygen atoms in total. The van der Waals surface area contributed by atoms with Gasteiger partial charge in [0, 0.05) is 42.8 Å². The molecule has 0 aromatic carbocycles. The number of rotatable bonds is 5. The second-order valence-corrected chi connectivity index (χ2v) is 5.21. The Morgan fingerprint density at radius 3 is 3.17 bits per heavy atom. The van der Waals surface area contributed by atoms with Gasteiger partial charge in [0.2, 0.25) is 0 Å². The number of aromatic nitrogens is 4. The Kier molecular flexibility index (Phi) is 3.12. The summed E-state index contributed by atoms with van der Waals surface area (Å²) in [4.78, 5) is 5.59. The molecule has 0 bridgehead atoms. The van der Waals surface area contributed by atoms with Crippen molar-refractivity contribution in [2.45, 2.75) is 26.1 Å². The van der Waals surface area contributed by atoms with Gasteiger partial charge in [-0.1, -0.05) is 0 Å². The van der Waals surface area contributed by atoms with Crippen LogP contribution in [0, 0.1) is 0 Å². The molecule has 0 saturated heterocycles. The Morgan fingerprint density at radius 1 is 1.44 bits per heavy atom. The lowest BCUT2D eigenvalue weighted by molar-refractivity contribution is 0.449. The van der Waals surface area contributed by atoms with E-state index in [0.29, 0.717) is 6.04 Å². The van der Waals surface area contributed by atoms with Crippen molar-refractivity contribution in [1.29, 1.82) is 0 Å². The summed E-state index contributed by atoms with van der Waals surface area (Å²) in [5.74, 6) is 0. The Morgan fingerprint density at radius 2 is 2.39 bits per heavy atom. The van der Waals surface area contributed by atoms with Gasteiger partial charge in [-0.15, -0.1) is 11.3 Å². The molecule has 0 aliphatic heterocycles. The van der Waals surface area contributed by atoms with Crippen LogP contribution in [0.3, 0.4) is 0 Å². The van der Waals surface area contributed by atoms with Crippen LogP contribution in [0.5, 0.6) is 0 Å². The van der Waals surface area contributed by atoms with Gasteiger partial charge in [-0.2, -0.15) is 5.10 Å². The van der Waals surface area contributed by atoms with Gasteiger partial charge in [-0.3, -0.25) is 9.08 Å². The zero-order valence-corrected chi connectivity index (χ0v) is 11.0. The van der Waals surface area contributed by atoms with E-state index in [4.69, 9.17) is 0 Å². The number of hydrogen-bond acceptors (Lipinski definition) is 4. The number of imidazole rings is 1. The molecule has 3 aromatic heterocycles. The molecule has 0 amide bonds. The van der Waals surface area contributed by atoms with Crippen LogP contribution in [0.4, 0.5) is 0 Å². The van der Waals surface area contributed by atoms with Crippen molar-refractivity contribution in [3.05, 3.63) is 41.9 Å². The first-order valence-corrected chi connectivity index (χ1v) is 6.81. The van der Waals surface area contributed by atoms with E-state index < -0.39 is 0 Å². The summed E-state index contributed by atoms with van der Waals surface area (Å²) in [5, 5.41) is 9.69. The number of nitrogens with one attached hydrogen (secondary N) is 1. The molecule has 0 fully saturated rings. The molecule has 1 atom stereocenters. The van der Waals surface area contributed by atoms with Gasteiger partial charge in [0.15, 0.2) is 4.96 Å². The number of hydrogen-bond donors (Lipinski definition) is 1. The third-order valence-electron chi connectivity index (χ3n) is 2.79. The highest BCUT2D eigenvalue weighted by Gasteiger charge is 2.06. The van der Waals surface area contributed by atoms with E-state index >= 15 is 0 Å². The molecule has 0 aliphatic carbocycles. The maximum absolute atomic E-state index is 4.54. The molecule has 0 saturated carbocycles. The predicted molar refractivity (Wildman–Crippen MR) is 71.6 cm³/mol. The van der Waals surface area contributed by atoms with Crippen molar-refractivity contribution in [1.82, 2.24) is 24.5 Å². The van der Waals surface area contributed by atoms with Crippen LogP contribution in [0.15, 0.2) is 36.2 Å². The molecule has 0 radical (unpaired) electrons. The van der Waals surface area contributed by atoms with Gasteiger partial charge in [0.05, 0.1) is 12.2 Å². The molecule has 3 aromatic rings. The SMILES string of the molecule is CC(Cn1cccn1)NCc1cn2ccsc2n1. The maximum Gasteiger partial charge on any atom is 0.193 e. The molecule has 3 rings (SSSR count). The lowest BCUT2D eigenvalue weighted by atomic mass is 10.3. The van der Waals surface area contributed by atoms with E-state index in [1.54, 1.807) is 17.5 Å². The van der Waals surface area contributed by atoms with E-state index in [9.17, 15) is 0 Å². The van der Waals surface area contributed by atoms with Crippen molar-refractivity contribution in [2.75, 3.05) is 0 Å². The van der Waals surface area contributed by atoms with E-state index in [2.05, 4.69) is 32.9 Å². The van der Waals surface area contributed by atoms with Gasteiger partial charge in [0.1, 0.15) is 0 Å². The van der Waals surface area contributed by atoms with Crippen molar-refractivity contribution in [3.63, 3.8) is 0 Å². The third-order valence-corrected chi connectivity index (χ3v) is 3.57. The Hall–Kier alpha value is -1.66. The molecule has 3 heterocycles. The number of thiazole rings is 1. The summed E-state index contributed by atoms with van der Waals surface area (Å²) in [6.07, 6.45) is 7.88. The lowest BCUT2D eigenvalue weighted by Crippen LogP contribution is -2.30. The smallest absolute Gasteiger partial charge is 0.193 e. The first kappa shape index (κ1) is 11.4. The Labute approximate surface area is 109 Å². The molecular formula is C12H15N5S. The third kappa shape index (κ3) is 2.44. The average Bonchev–Trinajstić information content (AvgIpc) is 3.01. The summed E-state index contributed by atoms with van der Waals surface area (Å²) < 4.78 is 3.99. The second-order valence-electron chi connectivity index (χ2n) is 4.34. The fourth-order valence-electron chi connectivity index (χ4n) is 1.89. The van der Waals surface area contributed by atoms with Crippen LogP contribution in [0.1, 0.15) is 12.6 Å². The van der Waals surface area contributed by atoms with Crippen LogP contribution in [-0.4, -0.2) is 25.2 Å². The van der Waals surface area contributed by atoms with Gasteiger partial charge < -0.3 is 5.32 Å². The topological polar surface area (TPSA) is 47.2 Å². The first-order chi connectivity index (χ1) is 8.81. The number of fused-ring (bicyclic) bond motifs is 1. The van der Waals surface area contributed by atoms with Crippen LogP contribution < -0.4 is 5.32 Å². The van der Waals surface area contributed by atoms with Crippen molar-refractivity contribution >= 4 is 16.3 Å². The summed E-state index contributed by atoms with van der Waals surface area (Å²) in [6.45, 7) is 3.81. The molecule has 1 unspecified atom stereocenters. The normalized spacial score (nSPS) is 13.2. The molecule has 18 heavy (non-hydrogen) atoms. The summed E-state index contributed by atoms with van der Waals surface area (Å²) in [7, 11) is 0. The monoisotopic (exact) mass is 261 g/mol. The van der Waals surface area contributed by atoms with Gasteiger partial charge in [-0.05, 0) is 13.0 Å². The second kappa shape index (κ2) is 4.91. The molecule has 94 valence electrons. The van der Waals surface area contributed by atoms with E-state index in [-0.39, 0.29) is 0 Å². The van der Waals surface area contributed by atoms with E-state index in [1.165, 1.54) is 0 Å². The first-order valence-electron chi connectivity index (χ1n) is 5.93. The lowest BCUT2D eigenvalue weighted by Gasteiger charge is -2.12. The minimum Gasteiger partial charge on any atom is -0.307 e. The van der Waals surface area contributed by atoms with Crippen molar-refractivity contribution in [2.24, 2.45) is 0 Å². The van der Waals surface area contributed by atoms with Crippen LogP contribution in [0.2, 0.25) is 0 Å². The largest absolute Gasteiger partial charge is 0.307 e. The zero-order valence-electron chi connectivity index (χ0n) is 10.2. The minimum atomic E-state index is 0.365. The molecule has 0 aliphatic rings. The minimum absolute atomic E-state index is 0.365. The molecule has 6 heteroatoms. The van der Waals surface area contributed by atoms with Gasteiger partial charge >= 0.3 is 0 Å². The fraction of sp³-hybridized carbons (Fsp3) is 0.333. The fourth-order valence-corrected chi connectivity index (χ4v) is 2.61. The van der Waals surface area contributed by atoms with E-state index in [0.717, 1.165) is 23.7 Å². The summed E-state index contributed by atoms with van der Waals surface area (Å²) in [5.41, 5.74) is 1.08. The van der Waals surface area contributed by atoms with Crippen LogP contribution in [0.25, 0.3) is 4.96 Å². The Bertz CT molecular complexity index is 581. The van der Waals surface area contributed by atoms with E-state index in [1.807, 2.05) is 28.5 Å². The summed E-state index contributed by atoms with van der Waals surface area (Å²) >= 11 is 1.66. The maximum atomic E-state index is 4.54. The zero-order chi connectivity index (χ0) is 12.4. The van der Waals surface area contributed by atoms with Gasteiger partial charge in [0.25, 0.3) is 0 Å². The number of nitrogens with zero attached hydrogens (tertiary/aromatic N) is 4. The highest BCUT2D eigenvalue weighted by Crippen LogP contribution is 2.11. The van der Waals surface area contributed by atoms with Crippen molar-refractivity contribution < 1.29 is 0 Å². The van der Waals surface area contributed by atoms with Gasteiger partial charge in [-0.25, -0.2) is 4.98 Å². The molecular weight excluding hydrogens is 246 g/mol. The quantitative estimate of drug-likeness (QED) is 0.761. The Balaban J connectivity index is 1.56. The predicted octanol–water partition coefficient (Wildman–Crippen LogP) is 1.77. The van der Waals surface area contributed by atoms with Crippen LogP contribution in [-0.2, 0) is 13.1 Å². The summed E-state index contributed by atoms with van der Waals surface area (Å²) in [6, 6.07) is 2.31. The highest BCUT2D eigenvalue weighted by molar-refractivity contribution is 7.15. The van der Waals surface area contributed by atoms with Crippen LogP contribution >= 0.6 is 11.3 Å². The molecule has 0 spiro atoms.